The monoisotopic (exact) mass is 998 g/mol. The Kier molecular flexibility index (Phi) is 14.3. The van der Waals surface area contributed by atoms with Crippen molar-refractivity contribution in [1.82, 2.24) is 0 Å². The van der Waals surface area contributed by atoms with Crippen LogP contribution in [-0.2, 0) is 0 Å². The second-order valence-electron chi connectivity index (χ2n) is 17.8. The molecule has 0 spiro atoms. The van der Waals surface area contributed by atoms with Gasteiger partial charge in [0.1, 0.15) is 5.84 Å². The topological polar surface area (TPSA) is 15.6 Å². The summed E-state index contributed by atoms with van der Waals surface area (Å²) in [6, 6.07) is 109. The molecule has 10 aromatic carbocycles. The van der Waals surface area contributed by atoms with Gasteiger partial charge >= 0.3 is 0 Å². The Morgan fingerprint density at radius 3 is 1.00 bits per heavy atom. The molecule has 72 heavy (non-hydrogen) atoms. The molecule has 0 aromatic heterocycles. The Morgan fingerprint density at radius 2 is 0.653 bits per heavy atom. The van der Waals surface area contributed by atoms with Crippen molar-refractivity contribution >= 4 is 95.3 Å². The number of hydrogen-bond donors (Lipinski definition) is 0. The maximum absolute atomic E-state index is 6.15. The van der Waals surface area contributed by atoms with Crippen LogP contribution in [0.2, 0.25) is 0 Å². The van der Waals surface area contributed by atoms with E-state index in [1.54, 1.807) is 0 Å². The molecule has 10 aromatic rings. The van der Waals surface area contributed by atoms with Crippen molar-refractivity contribution in [2.45, 2.75) is 13.8 Å². The van der Waals surface area contributed by atoms with Gasteiger partial charge in [-0.05, 0) is 104 Å². The smallest absolute Gasteiger partial charge is 0.147 e. The van der Waals surface area contributed by atoms with Gasteiger partial charge in [0.2, 0.25) is 0 Å². The molecule has 2 nitrogen and oxygen atoms in total. The van der Waals surface area contributed by atoms with Crippen molar-refractivity contribution in [3.8, 4) is 0 Å². The molecule has 11 rings (SSSR count). The minimum absolute atomic E-state index is 0.921. The van der Waals surface area contributed by atoms with Crippen LogP contribution in [0.1, 0.15) is 11.1 Å². The number of benzene rings is 10. The van der Waals surface area contributed by atoms with Crippen LogP contribution >= 0.6 is 30.7 Å². The molecule has 0 N–H and O–H groups in total. The molecular formula is C66H54N2P4. The Bertz CT molecular complexity index is 3250. The Balaban J connectivity index is 1.50. The van der Waals surface area contributed by atoms with Crippen LogP contribution in [0, 0.1) is 13.8 Å². The lowest BCUT2D eigenvalue weighted by atomic mass is 10.2. The van der Waals surface area contributed by atoms with Crippen molar-refractivity contribution in [3.63, 3.8) is 0 Å². The highest BCUT2D eigenvalue weighted by atomic mass is 31.2. The van der Waals surface area contributed by atoms with E-state index in [0.29, 0.717) is 0 Å². The fourth-order valence-electron chi connectivity index (χ4n) is 9.77. The maximum atomic E-state index is 6.15. The van der Waals surface area contributed by atoms with Gasteiger partial charge in [-0.2, -0.15) is 0 Å². The highest BCUT2D eigenvalue weighted by molar-refractivity contribution is 8.12. The first-order valence-corrected chi connectivity index (χ1v) is 30.3. The molecule has 1 heterocycles. The lowest BCUT2D eigenvalue weighted by Gasteiger charge is -2.39. The van der Waals surface area contributed by atoms with Crippen molar-refractivity contribution in [2.24, 2.45) is 4.99 Å². The predicted molar refractivity (Wildman–Crippen MR) is 320 cm³/mol. The van der Waals surface area contributed by atoms with Crippen LogP contribution in [0.25, 0.3) is 0 Å². The van der Waals surface area contributed by atoms with E-state index in [9.17, 15) is 0 Å². The first-order valence-electron chi connectivity index (χ1n) is 24.5. The molecule has 1 aliphatic heterocycles. The summed E-state index contributed by atoms with van der Waals surface area (Å²) >= 11 is 0. The summed E-state index contributed by atoms with van der Waals surface area (Å²) < 4.78 is 0. The molecule has 0 atom stereocenters. The van der Waals surface area contributed by atoms with E-state index in [4.69, 9.17) is 4.99 Å². The summed E-state index contributed by atoms with van der Waals surface area (Å²) in [6.45, 7) is 1.26. The standard InChI is InChI=1S/C66H54N2P4/c1-51-43-47-53(48-44-51)67-63-66(71(59-35-19-7-20-36-59)60-37-21-8-22-38-60)72(61-39-23-9-24-40-61,62-41-25-10-26-42-62)64(68(63)54-49-45-52(2)46-50-54)65(69(55-27-11-3-12-28-55)56-29-13-4-14-30-56)70(57-31-15-5-16-32-57)58-33-17-6-18-34-58/h3-50H,1-2H3. The molecule has 0 fully saturated rings. The molecule has 0 bridgehead atoms. The second kappa shape index (κ2) is 21.8. The second-order valence-corrected chi connectivity index (χ2v) is 28.2. The van der Waals surface area contributed by atoms with Gasteiger partial charge in [0.05, 0.1) is 11.1 Å². The van der Waals surface area contributed by atoms with Crippen molar-refractivity contribution in [2.75, 3.05) is 4.90 Å². The highest BCUT2D eigenvalue weighted by Gasteiger charge is 2.52. The lowest BCUT2D eigenvalue weighted by molar-refractivity contribution is 1.31. The average Bonchev–Trinajstić information content (AvgIpc) is 3.73. The number of aryl methyl sites for hydroxylation is 2. The van der Waals surface area contributed by atoms with Crippen molar-refractivity contribution in [1.29, 1.82) is 0 Å². The zero-order valence-electron chi connectivity index (χ0n) is 40.4. The number of rotatable bonds is 13. The summed E-state index contributed by atoms with van der Waals surface area (Å²) in [7, 11) is -3.83. The molecule has 0 aliphatic carbocycles. The Hall–Kier alpha value is -7.00. The third-order valence-electron chi connectivity index (χ3n) is 13.0. The first kappa shape index (κ1) is 47.3. The molecule has 348 valence electrons. The third-order valence-corrected chi connectivity index (χ3v) is 26.9. The molecule has 6 heteroatoms. The molecule has 0 radical (unpaired) electrons. The highest BCUT2D eigenvalue weighted by Crippen LogP contribution is 2.74. The van der Waals surface area contributed by atoms with E-state index >= 15 is 0 Å². The summed E-state index contributed by atoms with van der Waals surface area (Å²) in [5.74, 6) is 0.988. The van der Waals surface area contributed by atoms with E-state index in [1.165, 1.54) is 69.1 Å². The SMILES string of the molecule is Cc1ccc(N=C2C(P(c3ccccc3)c3ccccc3)=P(c3ccccc3)(c3ccccc3)C(=C(P(c3ccccc3)c3ccccc3)P(c3ccccc3)c3ccccc3)N2c2ccc(C)cc2)cc1. The quantitative estimate of drug-likeness (QED) is 0.105. The zero-order valence-corrected chi connectivity index (χ0v) is 44.0. The van der Waals surface area contributed by atoms with Gasteiger partial charge < -0.3 is 0 Å². The lowest BCUT2D eigenvalue weighted by Crippen LogP contribution is -2.33. The van der Waals surface area contributed by atoms with E-state index < -0.39 is 30.7 Å². The van der Waals surface area contributed by atoms with Gasteiger partial charge in [-0.25, -0.2) is 4.99 Å². The zero-order chi connectivity index (χ0) is 48.7. The maximum Gasteiger partial charge on any atom is 0.147 e. The van der Waals surface area contributed by atoms with Gasteiger partial charge in [0.25, 0.3) is 0 Å². The van der Waals surface area contributed by atoms with Crippen LogP contribution in [0.15, 0.2) is 307 Å². The largest absolute Gasteiger partial charge is 0.293 e. The molecule has 0 unspecified atom stereocenters. The van der Waals surface area contributed by atoms with E-state index in [1.807, 2.05) is 0 Å². The summed E-state index contributed by atoms with van der Waals surface area (Å²) in [5.41, 5.74) is 5.76. The molecule has 1 aliphatic rings. The Morgan fingerprint density at radius 1 is 0.347 bits per heavy atom. The first-order chi connectivity index (χ1) is 35.6. The normalized spacial score (nSPS) is 13.8. The van der Waals surface area contributed by atoms with Crippen molar-refractivity contribution < 1.29 is 0 Å². The van der Waals surface area contributed by atoms with Crippen molar-refractivity contribution in [3.05, 3.63) is 313 Å². The average molecular weight is 999 g/mol. The Labute approximate surface area is 429 Å². The summed E-state index contributed by atoms with van der Waals surface area (Å²) in [5, 5.41) is 13.2. The number of nitrogens with zero attached hydrogens (tertiary/aromatic N) is 2. The molecule has 0 saturated carbocycles. The van der Waals surface area contributed by atoms with E-state index in [2.05, 4.69) is 310 Å². The summed E-state index contributed by atoms with van der Waals surface area (Å²) in [6.07, 6.45) is 0. The minimum Gasteiger partial charge on any atom is -0.293 e. The van der Waals surface area contributed by atoms with E-state index in [-0.39, 0.29) is 0 Å². The number of aliphatic imine (C=N–C) groups is 1. The fourth-order valence-corrected chi connectivity index (χ4v) is 26.4. The fraction of sp³-hybridized carbons (Fsp3) is 0.0303. The van der Waals surface area contributed by atoms with Crippen LogP contribution in [0.4, 0.5) is 11.4 Å². The van der Waals surface area contributed by atoms with Gasteiger partial charge in [-0.1, -0.05) is 278 Å². The summed E-state index contributed by atoms with van der Waals surface area (Å²) in [4.78, 5) is 8.83. The molecule has 0 amide bonds. The number of anilines is 1. The van der Waals surface area contributed by atoms with Crippen LogP contribution in [-0.4, -0.2) is 10.9 Å². The molecular weight excluding hydrogens is 945 g/mol. The van der Waals surface area contributed by atoms with Crippen LogP contribution in [0.3, 0.4) is 0 Å². The van der Waals surface area contributed by atoms with Gasteiger partial charge in [-0.3, -0.25) is 4.90 Å². The van der Waals surface area contributed by atoms with Gasteiger partial charge in [0.15, 0.2) is 0 Å². The van der Waals surface area contributed by atoms with E-state index in [0.717, 1.165) is 17.2 Å². The third kappa shape index (κ3) is 9.34. The number of amidine groups is 1. The minimum atomic E-state index is -3.09. The predicted octanol–water partition coefficient (Wildman–Crippen LogP) is 14.2. The van der Waals surface area contributed by atoms with Gasteiger partial charge in [0, 0.05) is 22.7 Å². The van der Waals surface area contributed by atoms with Crippen LogP contribution in [0.5, 0.6) is 0 Å². The molecule has 0 saturated heterocycles. The van der Waals surface area contributed by atoms with Gasteiger partial charge in [-0.15, -0.1) is 0 Å². The van der Waals surface area contributed by atoms with Crippen LogP contribution < -0.4 is 47.3 Å². The number of hydrogen-bond acceptors (Lipinski definition) is 1.